The SMILES string of the molecule is COc1cccc(-c2n[nH]c3c2CN(c2cc(Cl)nc(N)n2)CC3)c1. The molecule has 3 N–H and O–H groups in total. The van der Waals surface area contributed by atoms with Crippen LogP contribution in [0.4, 0.5) is 11.8 Å². The first-order valence-electron chi connectivity index (χ1n) is 7.89. The van der Waals surface area contributed by atoms with Crippen molar-refractivity contribution in [3.05, 3.63) is 46.7 Å². The lowest BCUT2D eigenvalue weighted by Gasteiger charge is -2.28. The van der Waals surface area contributed by atoms with Crippen LogP contribution >= 0.6 is 11.6 Å². The van der Waals surface area contributed by atoms with Gasteiger partial charge < -0.3 is 15.4 Å². The highest BCUT2D eigenvalue weighted by atomic mass is 35.5. The number of halogens is 1. The lowest BCUT2D eigenvalue weighted by Crippen LogP contribution is -2.31. The van der Waals surface area contributed by atoms with Crippen molar-refractivity contribution >= 4 is 23.4 Å². The maximum atomic E-state index is 6.02. The van der Waals surface area contributed by atoms with E-state index < -0.39 is 0 Å². The molecule has 0 unspecified atom stereocenters. The summed E-state index contributed by atoms with van der Waals surface area (Å²) in [6, 6.07) is 9.61. The normalized spacial score (nSPS) is 13.6. The zero-order chi connectivity index (χ0) is 17.4. The average molecular weight is 357 g/mol. The van der Waals surface area contributed by atoms with Gasteiger partial charge in [0.05, 0.1) is 12.8 Å². The summed E-state index contributed by atoms with van der Waals surface area (Å²) in [6.45, 7) is 1.48. The predicted octanol–water partition coefficient (Wildman–Crippen LogP) is 2.67. The fourth-order valence-electron chi connectivity index (χ4n) is 3.08. The van der Waals surface area contributed by atoms with Gasteiger partial charge in [-0.2, -0.15) is 10.1 Å². The molecule has 0 fully saturated rings. The molecule has 3 aromatic rings. The van der Waals surface area contributed by atoms with Crippen molar-refractivity contribution in [3.63, 3.8) is 0 Å². The molecular weight excluding hydrogens is 340 g/mol. The van der Waals surface area contributed by atoms with E-state index in [-0.39, 0.29) is 5.95 Å². The third-order valence-corrected chi connectivity index (χ3v) is 4.49. The molecule has 0 saturated heterocycles. The van der Waals surface area contributed by atoms with E-state index in [0.717, 1.165) is 47.0 Å². The van der Waals surface area contributed by atoms with Gasteiger partial charge in [-0.15, -0.1) is 0 Å². The smallest absolute Gasteiger partial charge is 0.223 e. The topological polar surface area (TPSA) is 93.0 Å². The highest BCUT2D eigenvalue weighted by Gasteiger charge is 2.24. The van der Waals surface area contributed by atoms with Crippen molar-refractivity contribution in [2.45, 2.75) is 13.0 Å². The zero-order valence-corrected chi connectivity index (χ0v) is 14.4. The van der Waals surface area contributed by atoms with Crippen LogP contribution in [-0.4, -0.2) is 33.8 Å². The summed E-state index contributed by atoms with van der Waals surface area (Å²) in [7, 11) is 1.66. The van der Waals surface area contributed by atoms with Crippen molar-refractivity contribution in [1.29, 1.82) is 0 Å². The number of hydrogen-bond donors (Lipinski definition) is 2. The molecular formula is C17H17ClN6O. The number of H-pyrrole nitrogens is 1. The lowest BCUT2D eigenvalue weighted by atomic mass is 10.0. The number of nitrogens with one attached hydrogen (secondary N) is 1. The van der Waals surface area contributed by atoms with Gasteiger partial charge in [-0.1, -0.05) is 23.7 Å². The summed E-state index contributed by atoms with van der Waals surface area (Å²) in [5.41, 5.74) is 9.95. The van der Waals surface area contributed by atoms with Gasteiger partial charge in [-0.05, 0) is 12.1 Å². The van der Waals surface area contributed by atoms with Gasteiger partial charge in [0.1, 0.15) is 16.7 Å². The van der Waals surface area contributed by atoms with Crippen LogP contribution in [0.15, 0.2) is 30.3 Å². The number of benzene rings is 1. The number of aromatic nitrogens is 4. The number of nitrogen functional groups attached to an aromatic ring is 1. The van der Waals surface area contributed by atoms with Gasteiger partial charge in [0.15, 0.2) is 0 Å². The molecule has 1 aliphatic rings. The minimum atomic E-state index is 0.175. The first-order valence-corrected chi connectivity index (χ1v) is 8.27. The Balaban J connectivity index is 1.69. The quantitative estimate of drug-likeness (QED) is 0.701. The van der Waals surface area contributed by atoms with Gasteiger partial charge in [-0.3, -0.25) is 5.10 Å². The summed E-state index contributed by atoms with van der Waals surface area (Å²) in [4.78, 5) is 10.4. The molecule has 2 aromatic heterocycles. The summed E-state index contributed by atoms with van der Waals surface area (Å²) in [6.07, 6.45) is 0.841. The van der Waals surface area contributed by atoms with E-state index in [1.165, 1.54) is 0 Å². The van der Waals surface area contributed by atoms with Crippen LogP contribution in [0.1, 0.15) is 11.3 Å². The molecule has 1 aliphatic heterocycles. The van der Waals surface area contributed by atoms with Crippen molar-refractivity contribution in [1.82, 2.24) is 20.2 Å². The number of fused-ring (bicyclic) bond motifs is 1. The molecule has 7 nitrogen and oxygen atoms in total. The van der Waals surface area contributed by atoms with Crippen LogP contribution in [0, 0.1) is 0 Å². The fraction of sp³-hybridized carbons (Fsp3) is 0.235. The second-order valence-electron chi connectivity index (χ2n) is 5.84. The number of methoxy groups -OCH3 is 1. The second-order valence-corrected chi connectivity index (χ2v) is 6.23. The van der Waals surface area contributed by atoms with E-state index in [1.807, 2.05) is 24.3 Å². The Morgan fingerprint density at radius 2 is 2.16 bits per heavy atom. The van der Waals surface area contributed by atoms with E-state index in [2.05, 4.69) is 25.1 Å². The first kappa shape index (κ1) is 15.7. The maximum Gasteiger partial charge on any atom is 0.223 e. The molecule has 8 heteroatoms. The van der Waals surface area contributed by atoms with E-state index in [1.54, 1.807) is 13.2 Å². The summed E-state index contributed by atoms with van der Waals surface area (Å²) in [5, 5.41) is 8.01. The number of ether oxygens (including phenoxy) is 1. The number of nitrogens with two attached hydrogens (primary N) is 1. The fourth-order valence-corrected chi connectivity index (χ4v) is 3.27. The van der Waals surface area contributed by atoms with Crippen molar-refractivity contribution < 1.29 is 4.74 Å². The van der Waals surface area contributed by atoms with E-state index >= 15 is 0 Å². The highest BCUT2D eigenvalue weighted by Crippen LogP contribution is 2.32. The van der Waals surface area contributed by atoms with Crippen LogP contribution in [0.3, 0.4) is 0 Å². The van der Waals surface area contributed by atoms with Gasteiger partial charge in [0, 0.05) is 42.4 Å². The minimum absolute atomic E-state index is 0.175. The monoisotopic (exact) mass is 356 g/mol. The number of aromatic amines is 1. The highest BCUT2D eigenvalue weighted by molar-refractivity contribution is 6.29. The van der Waals surface area contributed by atoms with Gasteiger partial charge in [-0.25, -0.2) is 4.98 Å². The van der Waals surface area contributed by atoms with E-state index in [0.29, 0.717) is 11.7 Å². The zero-order valence-electron chi connectivity index (χ0n) is 13.7. The van der Waals surface area contributed by atoms with Crippen molar-refractivity contribution in [2.75, 3.05) is 24.3 Å². The Bertz CT molecular complexity index is 905. The Hall–Kier alpha value is -2.80. The average Bonchev–Trinajstić information content (AvgIpc) is 3.04. The van der Waals surface area contributed by atoms with Crippen molar-refractivity contribution in [2.24, 2.45) is 0 Å². The number of nitrogens with zero attached hydrogens (tertiary/aromatic N) is 4. The Kier molecular flexibility index (Phi) is 3.93. The maximum absolute atomic E-state index is 6.02. The molecule has 128 valence electrons. The minimum Gasteiger partial charge on any atom is -0.497 e. The van der Waals surface area contributed by atoms with Crippen LogP contribution in [-0.2, 0) is 13.0 Å². The largest absolute Gasteiger partial charge is 0.497 e. The van der Waals surface area contributed by atoms with Gasteiger partial charge >= 0.3 is 0 Å². The van der Waals surface area contributed by atoms with Crippen LogP contribution < -0.4 is 15.4 Å². The predicted molar refractivity (Wildman–Crippen MR) is 96.8 cm³/mol. The molecule has 0 bridgehead atoms. The second kappa shape index (κ2) is 6.25. The molecule has 25 heavy (non-hydrogen) atoms. The van der Waals surface area contributed by atoms with E-state index in [4.69, 9.17) is 22.1 Å². The molecule has 3 heterocycles. The van der Waals surface area contributed by atoms with Crippen molar-refractivity contribution in [3.8, 4) is 17.0 Å². The Labute approximate surface area is 149 Å². The summed E-state index contributed by atoms with van der Waals surface area (Å²) >= 11 is 6.02. The number of anilines is 2. The third kappa shape index (κ3) is 2.98. The van der Waals surface area contributed by atoms with Crippen LogP contribution in [0.2, 0.25) is 5.15 Å². The number of hydrogen-bond acceptors (Lipinski definition) is 6. The summed E-state index contributed by atoms with van der Waals surface area (Å²) < 4.78 is 5.32. The van der Waals surface area contributed by atoms with Crippen LogP contribution in [0.5, 0.6) is 5.75 Å². The molecule has 0 aliphatic carbocycles. The Morgan fingerprint density at radius 3 is 2.96 bits per heavy atom. The van der Waals surface area contributed by atoms with Gasteiger partial charge in [0.2, 0.25) is 5.95 Å². The molecule has 4 rings (SSSR count). The molecule has 0 atom stereocenters. The van der Waals surface area contributed by atoms with Crippen LogP contribution in [0.25, 0.3) is 11.3 Å². The first-order chi connectivity index (χ1) is 12.1. The standard InChI is InChI=1S/C17H17ClN6O/c1-25-11-4-2-3-10(7-11)16-12-9-24(6-5-13(12)22-23-16)15-8-14(18)20-17(19)21-15/h2-4,7-8H,5-6,9H2,1H3,(H,22,23)(H2,19,20,21). The van der Waals surface area contributed by atoms with Gasteiger partial charge in [0.25, 0.3) is 0 Å². The number of rotatable bonds is 3. The molecule has 0 amide bonds. The molecule has 0 saturated carbocycles. The molecule has 1 aromatic carbocycles. The third-order valence-electron chi connectivity index (χ3n) is 4.30. The Morgan fingerprint density at radius 1 is 1.28 bits per heavy atom. The molecule has 0 radical (unpaired) electrons. The summed E-state index contributed by atoms with van der Waals surface area (Å²) in [5.74, 6) is 1.70. The van der Waals surface area contributed by atoms with E-state index in [9.17, 15) is 0 Å². The lowest BCUT2D eigenvalue weighted by molar-refractivity contribution is 0.415. The molecule has 0 spiro atoms.